The summed E-state index contributed by atoms with van der Waals surface area (Å²) in [5.41, 5.74) is 2.69. The number of para-hydroxylation sites is 1. The van der Waals surface area contributed by atoms with Gasteiger partial charge in [-0.05, 0) is 24.1 Å². The van der Waals surface area contributed by atoms with E-state index in [9.17, 15) is 0 Å². The summed E-state index contributed by atoms with van der Waals surface area (Å²) in [6, 6.07) is 21.9. The van der Waals surface area contributed by atoms with Crippen LogP contribution in [0.2, 0.25) is 0 Å². The molecule has 1 nitrogen and oxygen atoms in total. The molecule has 1 atom stereocenters. The first kappa shape index (κ1) is 13.7. The molecule has 19 heavy (non-hydrogen) atoms. The highest BCUT2D eigenvalue weighted by molar-refractivity contribution is 5.47. The van der Waals surface area contributed by atoms with E-state index in [1.165, 1.54) is 30.5 Å². The Morgan fingerprint density at radius 2 is 1.47 bits per heavy atom. The highest BCUT2D eigenvalue weighted by Gasteiger charge is 2.16. The van der Waals surface area contributed by atoms with E-state index in [0.717, 1.165) is 0 Å². The van der Waals surface area contributed by atoms with Gasteiger partial charge in [-0.25, -0.2) is 0 Å². The van der Waals surface area contributed by atoms with E-state index in [2.05, 4.69) is 79.5 Å². The molecule has 100 valence electrons. The Morgan fingerprint density at radius 3 is 2.05 bits per heavy atom. The Hall–Kier alpha value is -1.76. The Bertz CT molecular complexity index is 464. The van der Waals surface area contributed by atoms with E-state index in [1.807, 2.05) is 0 Å². The lowest BCUT2D eigenvalue weighted by Crippen LogP contribution is -2.24. The SMILES string of the molecule is CCCCC(c1ccccc1)N(C)c1ccccc1. The van der Waals surface area contributed by atoms with Crippen molar-refractivity contribution in [1.82, 2.24) is 0 Å². The molecule has 1 heteroatoms. The number of benzene rings is 2. The quantitative estimate of drug-likeness (QED) is 0.696. The van der Waals surface area contributed by atoms with Crippen LogP contribution in [0.1, 0.15) is 37.8 Å². The van der Waals surface area contributed by atoms with Crippen LogP contribution in [-0.4, -0.2) is 7.05 Å². The number of nitrogens with zero attached hydrogens (tertiary/aromatic N) is 1. The maximum Gasteiger partial charge on any atom is 0.0539 e. The van der Waals surface area contributed by atoms with Crippen molar-refractivity contribution in [2.45, 2.75) is 32.2 Å². The summed E-state index contributed by atoms with van der Waals surface area (Å²) in [5, 5.41) is 0. The van der Waals surface area contributed by atoms with Gasteiger partial charge < -0.3 is 4.90 Å². The van der Waals surface area contributed by atoms with Gasteiger partial charge >= 0.3 is 0 Å². The summed E-state index contributed by atoms with van der Waals surface area (Å²) >= 11 is 0. The fourth-order valence-corrected chi connectivity index (χ4v) is 2.50. The minimum atomic E-state index is 0.462. The second kappa shape index (κ2) is 6.98. The Morgan fingerprint density at radius 1 is 0.895 bits per heavy atom. The molecule has 0 N–H and O–H groups in total. The van der Waals surface area contributed by atoms with Crippen LogP contribution in [0.25, 0.3) is 0 Å². The summed E-state index contributed by atoms with van der Waals surface area (Å²) in [5.74, 6) is 0. The van der Waals surface area contributed by atoms with Gasteiger partial charge in [0.2, 0.25) is 0 Å². The van der Waals surface area contributed by atoms with Crippen LogP contribution < -0.4 is 4.90 Å². The average molecular weight is 253 g/mol. The molecule has 2 aromatic rings. The molecular weight excluding hydrogens is 230 g/mol. The van der Waals surface area contributed by atoms with Gasteiger partial charge in [0.1, 0.15) is 0 Å². The Labute approximate surface area is 116 Å². The summed E-state index contributed by atoms with van der Waals surface area (Å²) in [6.45, 7) is 2.25. The molecule has 0 aliphatic carbocycles. The summed E-state index contributed by atoms with van der Waals surface area (Å²) in [7, 11) is 2.20. The molecule has 0 aromatic heterocycles. The molecule has 0 fully saturated rings. The lowest BCUT2D eigenvalue weighted by atomic mass is 9.99. The Kier molecular flexibility index (Phi) is 5.02. The van der Waals surface area contributed by atoms with Crippen LogP contribution in [0.5, 0.6) is 0 Å². The highest BCUT2D eigenvalue weighted by Crippen LogP contribution is 2.29. The molecule has 0 saturated heterocycles. The lowest BCUT2D eigenvalue weighted by Gasteiger charge is -2.30. The number of hydrogen-bond donors (Lipinski definition) is 0. The van der Waals surface area contributed by atoms with Crippen molar-refractivity contribution in [3.8, 4) is 0 Å². The molecule has 0 aliphatic rings. The lowest BCUT2D eigenvalue weighted by molar-refractivity contribution is 0.575. The molecule has 0 radical (unpaired) electrons. The first-order valence-electron chi connectivity index (χ1n) is 7.15. The molecule has 1 unspecified atom stereocenters. The minimum Gasteiger partial charge on any atom is -0.368 e. The predicted molar refractivity (Wildman–Crippen MR) is 83.6 cm³/mol. The molecule has 0 amide bonds. The van der Waals surface area contributed by atoms with Crippen LogP contribution in [0.3, 0.4) is 0 Å². The normalized spacial score (nSPS) is 12.1. The first-order chi connectivity index (χ1) is 9.33. The molecular formula is C18H23N. The third-order valence-electron chi connectivity index (χ3n) is 3.65. The number of anilines is 1. The molecule has 0 heterocycles. The summed E-state index contributed by atoms with van der Waals surface area (Å²) in [6.07, 6.45) is 3.70. The molecule has 0 saturated carbocycles. The van der Waals surface area contributed by atoms with E-state index in [0.29, 0.717) is 6.04 Å². The van der Waals surface area contributed by atoms with E-state index < -0.39 is 0 Å². The van der Waals surface area contributed by atoms with Crippen LogP contribution in [-0.2, 0) is 0 Å². The van der Waals surface area contributed by atoms with E-state index >= 15 is 0 Å². The fourth-order valence-electron chi connectivity index (χ4n) is 2.50. The van der Waals surface area contributed by atoms with Gasteiger partial charge in [-0.2, -0.15) is 0 Å². The van der Waals surface area contributed by atoms with Crippen molar-refractivity contribution in [2.75, 3.05) is 11.9 Å². The molecule has 0 bridgehead atoms. The van der Waals surface area contributed by atoms with Gasteiger partial charge in [-0.3, -0.25) is 0 Å². The summed E-state index contributed by atoms with van der Waals surface area (Å²) in [4.78, 5) is 2.39. The zero-order chi connectivity index (χ0) is 13.5. The van der Waals surface area contributed by atoms with Crippen molar-refractivity contribution in [3.05, 3.63) is 66.2 Å². The molecule has 2 rings (SSSR count). The standard InChI is InChI=1S/C18H23N/c1-3-4-15-18(16-11-7-5-8-12-16)19(2)17-13-9-6-10-14-17/h5-14,18H,3-4,15H2,1-2H3. The molecule has 0 aliphatic heterocycles. The summed E-state index contributed by atoms with van der Waals surface area (Å²) < 4.78 is 0. The maximum atomic E-state index is 2.39. The molecule has 0 spiro atoms. The minimum absolute atomic E-state index is 0.462. The topological polar surface area (TPSA) is 3.24 Å². The third-order valence-corrected chi connectivity index (χ3v) is 3.65. The second-order valence-corrected chi connectivity index (χ2v) is 5.02. The zero-order valence-corrected chi connectivity index (χ0v) is 11.9. The maximum absolute atomic E-state index is 2.39. The van der Waals surface area contributed by atoms with Gasteiger partial charge in [0.25, 0.3) is 0 Å². The molecule has 2 aromatic carbocycles. The van der Waals surface area contributed by atoms with Crippen LogP contribution in [0.15, 0.2) is 60.7 Å². The van der Waals surface area contributed by atoms with Crippen molar-refractivity contribution in [3.63, 3.8) is 0 Å². The number of hydrogen-bond acceptors (Lipinski definition) is 1. The van der Waals surface area contributed by atoms with Gasteiger partial charge in [0.15, 0.2) is 0 Å². The van der Waals surface area contributed by atoms with E-state index in [4.69, 9.17) is 0 Å². The third kappa shape index (κ3) is 3.60. The zero-order valence-electron chi connectivity index (χ0n) is 11.9. The second-order valence-electron chi connectivity index (χ2n) is 5.02. The fraction of sp³-hybridized carbons (Fsp3) is 0.333. The smallest absolute Gasteiger partial charge is 0.0539 e. The number of unbranched alkanes of at least 4 members (excludes halogenated alkanes) is 1. The van der Waals surface area contributed by atoms with Crippen molar-refractivity contribution in [2.24, 2.45) is 0 Å². The van der Waals surface area contributed by atoms with E-state index in [-0.39, 0.29) is 0 Å². The van der Waals surface area contributed by atoms with Gasteiger partial charge in [-0.15, -0.1) is 0 Å². The van der Waals surface area contributed by atoms with Gasteiger partial charge in [0, 0.05) is 12.7 Å². The van der Waals surface area contributed by atoms with Gasteiger partial charge in [-0.1, -0.05) is 68.3 Å². The average Bonchev–Trinajstić information content (AvgIpc) is 2.49. The first-order valence-corrected chi connectivity index (χ1v) is 7.15. The van der Waals surface area contributed by atoms with E-state index in [1.54, 1.807) is 0 Å². The van der Waals surface area contributed by atoms with Crippen molar-refractivity contribution in [1.29, 1.82) is 0 Å². The van der Waals surface area contributed by atoms with Crippen LogP contribution >= 0.6 is 0 Å². The van der Waals surface area contributed by atoms with Crippen molar-refractivity contribution >= 4 is 5.69 Å². The van der Waals surface area contributed by atoms with Crippen LogP contribution in [0, 0.1) is 0 Å². The van der Waals surface area contributed by atoms with Crippen molar-refractivity contribution < 1.29 is 0 Å². The largest absolute Gasteiger partial charge is 0.368 e. The number of rotatable bonds is 6. The monoisotopic (exact) mass is 253 g/mol. The Balaban J connectivity index is 2.22. The predicted octanol–water partition coefficient (Wildman–Crippen LogP) is 5.05. The highest BCUT2D eigenvalue weighted by atomic mass is 15.1. The van der Waals surface area contributed by atoms with Gasteiger partial charge in [0.05, 0.1) is 6.04 Å². The van der Waals surface area contributed by atoms with Crippen LogP contribution in [0.4, 0.5) is 5.69 Å².